The van der Waals surface area contributed by atoms with Gasteiger partial charge in [-0.3, -0.25) is 4.40 Å². The number of aromatic nitrogens is 2. The number of halogens is 1. The van der Waals surface area contributed by atoms with Crippen LogP contribution in [0.3, 0.4) is 0 Å². The lowest BCUT2D eigenvalue weighted by Gasteiger charge is -2.11. The Morgan fingerprint density at radius 1 is 1.08 bits per heavy atom. The summed E-state index contributed by atoms with van der Waals surface area (Å²) in [7, 11) is 4.14. The van der Waals surface area contributed by atoms with Gasteiger partial charge in [0.15, 0.2) is 11.4 Å². The number of imidazole rings is 1. The molecule has 0 bridgehead atoms. The minimum atomic E-state index is 0.651. The fraction of sp³-hybridized carbons (Fsp3) is 0.350. The van der Waals surface area contributed by atoms with E-state index in [9.17, 15) is 0 Å². The molecule has 4 nitrogen and oxygen atoms in total. The van der Waals surface area contributed by atoms with Crippen molar-refractivity contribution in [3.05, 3.63) is 65.6 Å². The summed E-state index contributed by atoms with van der Waals surface area (Å²) in [5.41, 5.74) is 4.44. The summed E-state index contributed by atoms with van der Waals surface area (Å²) < 4.78 is 8.13. The average molecular weight is 451 g/mol. The number of alkyl halides is 1. The highest BCUT2D eigenvalue weighted by molar-refractivity contribution is 14.1. The molecule has 2 aromatic heterocycles. The molecule has 0 atom stereocenters. The van der Waals surface area contributed by atoms with Crippen LogP contribution in [0.5, 0.6) is 5.75 Å². The zero-order valence-electron chi connectivity index (χ0n) is 15.4. The molecule has 0 saturated heterocycles. The van der Waals surface area contributed by atoms with E-state index in [1.807, 2.05) is 23.1 Å². The van der Waals surface area contributed by atoms with Gasteiger partial charge in [-0.25, -0.2) is 4.98 Å². The lowest BCUT2D eigenvalue weighted by Crippen LogP contribution is -2.13. The second kappa shape index (κ2) is 9.77. The van der Waals surface area contributed by atoms with E-state index in [1.165, 1.54) is 11.3 Å². The van der Waals surface area contributed by atoms with Crippen molar-refractivity contribution in [2.45, 2.75) is 19.9 Å². The SMILES string of the molecule is CI.Cc1nc2c(OCCc3ccccc3)cccn2c1CN(C)C. The molecule has 0 spiro atoms. The highest BCUT2D eigenvalue weighted by Crippen LogP contribution is 2.22. The molecule has 5 heteroatoms. The zero-order chi connectivity index (χ0) is 18.2. The molecule has 0 aliphatic rings. The Bertz CT molecular complexity index is 784. The van der Waals surface area contributed by atoms with E-state index >= 15 is 0 Å². The van der Waals surface area contributed by atoms with Crippen molar-refractivity contribution in [3.63, 3.8) is 0 Å². The molecule has 0 N–H and O–H groups in total. The quantitative estimate of drug-likeness (QED) is 0.412. The minimum Gasteiger partial charge on any atom is -0.489 e. The van der Waals surface area contributed by atoms with Crippen LogP contribution in [0.2, 0.25) is 0 Å². The Hall–Kier alpha value is -1.60. The normalized spacial score (nSPS) is 10.6. The Morgan fingerprint density at radius 2 is 1.80 bits per heavy atom. The Labute approximate surface area is 164 Å². The van der Waals surface area contributed by atoms with Crippen molar-refractivity contribution in [2.75, 3.05) is 25.6 Å². The average Bonchev–Trinajstić information content (AvgIpc) is 2.94. The molecule has 0 aliphatic carbocycles. The van der Waals surface area contributed by atoms with Crippen LogP contribution in [0.4, 0.5) is 0 Å². The van der Waals surface area contributed by atoms with Gasteiger partial charge in [0.05, 0.1) is 18.0 Å². The first-order valence-electron chi connectivity index (χ1n) is 8.31. The number of pyridine rings is 1. The predicted molar refractivity (Wildman–Crippen MR) is 113 cm³/mol. The Balaban J connectivity index is 0.00000109. The lowest BCUT2D eigenvalue weighted by molar-refractivity contribution is 0.323. The summed E-state index contributed by atoms with van der Waals surface area (Å²) in [5.74, 6) is 0.844. The third-order valence-electron chi connectivity index (χ3n) is 3.87. The molecule has 1 aromatic carbocycles. The standard InChI is InChI=1S/C19H23N3O.CH3I/c1-15-17(14-21(2)3)22-12-7-10-18(19(22)20-15)23-13-11-16-8-5-4-6-9-16;1-2/h4-10,12H,11,13-14H2,1-3H3;1H3. The van der Waals surface area contributed by atoms with E-state index < -0.39 is 0 Å². The van der Waals surface area contributed by atoms with Crippen molar-refractivity contribution < 1.29 is 4.74 Å². The highest BCUT2D eigenvalue weighted by Gasteiger charge is 2.13. The first-order chi connectivity index (χ1) is 12.1. The summed E-state index contributed by atoms with van der Waals surface area (Å²) >= 11 is 2.15. The summed E-state index contributed by atoms with van der Waals surface area (Å²) in [6.07, 6.45) is 2.95. The molecule has 0 aliphatic heterocycles. The number of fused-ring (bicyclic) bond motifs is 1. The number of ether oxygens (including phenoxy) is 1. The van der Waals surface area contributed by atoms with Gasteiger partial charge in [0, 0.05) is 19.2 Å². The van der Waals surface area contributed by atoms with Crippen molar-refractivity contribution >= 4 is 28.2 Å². The van der Waals surface area contributed by atoms with Gasteiger partial charge in [-0.1, -0.05) is 52.9 Å². The fourth-order valence-corrected chi connectivity index (χ4v) is 2.73. The molecule has 3 rings (SSSR count). The number of hydrogen-bond acceptors (Lipinski definition) is 3. The first-order valence-corrected chi connectivity index (χ1v) is 10.5. The molecule has 0 saturated carbocycles. The minimum absolute atomic E-state index is 0.651. The van der Waals surface area contributed by atoms with Gasteiger partial charge in [-0.15, -0.1) is 0 Å². The van der Waals surface area contributed by atoms with E-state index in [4.69, 9.17) is 9.72 Å². The van der Waals surface area contributed by atoms with Gasteiger partial charge < -0.3 is 9.64 Å². The maximum Gasteiger partial charge on any atom is 0.180 e. The van der Waals surface area contributed by atoms with Crippen LogP contribution in [0.25, 0.3) is 5.65 Å². The van der Waals surface area contributed by atoms with Crippen molar-refractivity contribution in [2.24, 2.45) is 0 Å². The van der Waals surface area contributed by atoms with Gasteiger partial charge in [0.1, 0.15) is 0 Å². The lowest BCUT2D eigenvalue weighted by atomic mass is 10.2. The molecule has 2 heterocycles. The molecule has 134 valence electrons. The van der Waals surface area contributed by atoms with E-state index in [-0.39, 0.29) is 0 Å². The van der Waals surface area contributed by atoms with Gasteiger partial charge in [-0.2, -0.15) is 0 Å². The summed E-state index contributed by atoms with van der Waals surface area (Å²) in [5, 5.41) is 0. The van der Waals surface area contributed by atoms with Crippen LogP contribution in [-0.2, 0) is 13.0 Å². The van der Waals surface area contributed by atoms with Gasteiger partial charge >= 0.3 is 0 Å². The molecule has 0 fully saturated rings. The van der Waals surface area contributed by atoms with Crippen LogP contribution in [0, 0.1) is 6.92 Å². The fourth-order valence-electron chi connectivity index (χ4n) is 2.73. The molecular weight excluding hydrogens is 425 g/mol. The molecular formula is C20H26IN3O. The summed E-state index contributed by atoms with van der Waals surface area (Å²) in [4.78, 5) is 8.83. The van der Waals surface area contributed by atoms with Gasteiger partial charge in [0.25, 0.3) is 0 Å². The van der Waals surface area contributed by atoms with E-state index in [2.05, 4.69) is 83.4 Å². The third-order valence-corrected chi connectivity index (χ3v) is 3.87. The second-order valence-electron chi connectivity index (χ2n) is 6.03. The van der Waals surface area contributed by atoms with Gasteiger partial charge in [0.2, 0.25) is 0 Å². The molecule has 25 heavy (non-hydrogen) atoms. The topological polar surface area (TPSA) is 29.8 Å². The number of rotatable bonds is 6. The number of benzene rings is 1. The zero-order valence-corrected chi connectivity index (χ0v) is 17.5. The predicted octanol–water partition coefficient (Wildman–Crippen LogP) is 4.38. The van der Waals surface area contributed by atoms with E-state index in [1.54, 1.807) is 0 Å². The second-order valence-corrected chi connectivity index (χ2v) is 6.03. The molecule has 3 aromatic rings. The van der Waals surface area contributed by atoms with E-state index in [0.29, 0.717) is 6.61 Å². The van der Waals surface area contributed by atoms with Crippen LogP contribution in [0.1, 0.15) is 17.0 Å². The molecule has 0 unspecified atom stereocenters. The van der Waals surface area contributed by atoms with Crippen LogP contribution in [0.15, 0.2) is 48.7 Å². The van der Waals surface area contributed by atoms with Crippen molar-refractivity contribution in [1.29, 1.82) is 0 Å². The van der Waals surface area contributed by atoms with Crippen LogP contribution >= 0.6 is 22.6 Å². The van der Waals surface area contributed by atoms with Crippen LogP contribution < -0.4 is 4.74 Å². The largest absolute Gasteiger partial charge is 0.489 e. The first kappa shape index (κ1) is 19.7. The third kappa shape index (κ3) is 5.19. The Morgan fingerprint density at radius 3 is 2.48 bits per heavy atom. The van der Waals surface area contributed by atoms with Crippen molar-refractivity contribution in [1.82, 2.24) is 14.3 Å². The maximum absolute atomic E-state index is 6.00. The van der Waals surface area contributed by atoms with Crippen molar-refractivity contribution in [3.8, 4) is 5.75 Å². The monoisotopic (exact) mass is 451 g/mol. The highest BCUT2D eigenvalue weighted by atomic mass is 127. The summed E-state index contributed by atoms with van der Waals surface area (Å²) in [6.45, 7) is 3.57. The number of hydrogen-bond donors (Lipinski definition) is 0. The maximum atomic E-state index is 6.00. The molecule has 0 radical (unpaired) electrons. The molecule has 0 amide bonds. The Kier molecular flexibility index (Phi) is 7.71. The van der Waals surface area contributed by atoms with Gasteiger partial charge in [-0.05, 0) is 43.6 Å². The van der Waals surface area contributed by atoms with E-state index in [0.717, 1.165) is 30.1 Å². The number of aryl methyl sites for hydroxylation is 1. The smallest absolute Gasteiger partial charge is 0.180 e. The summed E-state index contributed by atoms with van der Waals surface area (Å²) in [6, 6.07) is 14.4. The number of nitrogens with zero attached hydrogens (tertiary/aromatic N) is 3. The van der Waals surface area contributed by atoms with Crippen LogP contribution in [-0.4, -0.2) is 39.9 Å².